The second-order valence-electron chi connectivity index (χ2n) is 5.14. The van der Waals surface area contributed by atoms with Gasteiger partial charge in [0.25, 0.3) is 0 Å². The predicted molar refractivity (Wildman–Crippen MR) is 84.7 cm³/mol. The molecule has 20 heavy (non-hydrogen) atoms. The lowest BCUT2D eigenvalue weighted by Gasteiger charge is -2.29. The normalized spacial score (nSPS) is 14.2. The molecular formula is C15H20N4S. The van der Waals surface area contributed by atoms with Gasteiger partial charge in [0.15, 0.2) is 0 Å². The van der Waals surface area contributed by atoms with Crippen LogP contribution < -0.4 is 10.2 Å². The van der Waals surface area contributed by atoms with E-state index in [4.69, 9.17) is 0 Å². The van der Waals surface area contributed by atoms with Crippen LogP contribution in [0.3, 0.4) is 0 Å². The van der Waals surface area contributed by atoms with Gasteiger partial charge >= 0.3 is 0 Å². The van der Waals surface area contributed by atoms with Crippen molar-refractivity contribution in [1.82, 2.24) is 9.97 Å². The number of aromatic nitrogens is 2. The van der Waals surface area contributed by atoms with E-state index in [-0.39, 0.29) is 0 Å². The molecule has 0 saturated heterocycles. The molecule has 0 amide bonds. The Balaban J connectivity index is 1.94. The Bertz CT molecular complexity index is 620. The number of nitrogens with one attached hydrogen (secondary N) is 1. The summed E-state index contributed by atoms with van der Waals surface area (Å²) in [5.41, 5.74) is 2.60. The van der Waals surface area contributed by atoms with Gasteiger partial charge in [0.05, 0.1) is 0 Å². The first-order chi connectivity index (χ1) is 9.69. The van der Waals surface area contributed by atoms with E-state index in [0.29, 0.717) is 0 Å². The zero-order chi connectivity index (χ0) is 14.1. The maximum Gasteiger partial charge on any atom is 0.137 e. The van der Waals surface area contributed by atoms with Crippen LogP contribution in [0.15, 0.2) is 11.4 Å². The van der Waals surface area contributed by atoms with E-state index >= 15 is 0 Å². The van der Waals surface area contributed by atoms with Crippen LogP contribution >= 0.6 is 11.3 Å². The molecular weight excluding hydrogens is 268 g/mol. The fraction of sp³-hybridized carbons (Fsp3) is 0.467. The van der Waals surface area contributed by atoms with E-state index in [2.05, 4.69) is 45.5 Å². The Labute approximate surface area is 123 Å². The standard InChI is InChI=1S/C15H20N4S/c1-4-16-14-10(2)15(18-11(3)17-14)19-7-5-13-12(9-19)6-8-20-13/h6,8H,4-5,7,9H2,1-3H3,(H,16,17,18). The van der Waals surface area contributed by atoms with E-state index < -0.39 is 0 Å². The number of hydrogen-bond acceptors (Lipinski definition) is 5. The van der Waals surface area contributed by atoms with E-state index in [1.54, 1.807) is 0 Å². The van der Waals surface area contributed by atoms with Crippen LogP contribution in [0, 0.1) is 13.8 Å². The van der Waals surface area contributed by atoms with Gasteiger partial charge in [0.1, 0.15) is 17.5 Å². The van der Waals surface area contributed by atoms with Crippen molar-refractivity contribution < 1.29 is 0 Å². The molecule has 0 saturated carbocycles. The van der Waals surface area contributed by atoms with Gasteiger partial charge in [-0.1, -0.05) is 0 Å². The lowest BCUT2D eigenvalue weighted by atomic mass is 10.1. The maximum atomic E-state index is 4.67. The van der Waals surface area contributed by atoms with Gasteiger partial charge in [-0.15, -0.1) is 11.3 Å². The van der Waals surface area contributed by atoms with Crippen molar-refractivity contribution in [1.29, 1.82) is 0 Å². The van der Waals surface area contributed by atoms with Crippen molar-refractivity contribution in [3.8, 4) is 0 Å². The highest BCUT2D eigenvalue weighted by molar-refractivity contribution is 7.10. The Morgan fingerprint density at radius 1 is 1.35 bits per heavy atom. The third kappa shape index (κ3) is 2.38. The third-order valence-electron chi connectivity index (χ3n) is 3.68. The van der Waals surface area contributed by atoms with Crippen molar-refractivity contribution in [3.63, 3.8) is 0 Å². The summed E-state index contributed by atoms with van der Waals surface area (Å²) in [6.07, 6.45) is 1.12. The molecule has 0 aromatic carbocycles. The molecule has 0 radical (unpaired) electrons. The third-order valence-corrected chi connectivity index (χ3v) is 4.71. The number of aryl methyl sites for hydroxylation is 1. The van der Waals surface area contributed by atoms with Crippen molar-refractivity contribution >= 4 is 23.0 Å². The van der Waals surface area contributed by atoms with E-state index in [0.717, 1.165) is 49.1 Å². The second-order valence-corrected chi connectivity index (χ2v) is 6.14. The summed E-state index contributed by atoms with van der Waals surface area (Å²) < 4.78 is 0. The maximum absolute atomic E-state index is 4.67. The van der Waals surface area contributed by atoms with Crippen molar-refractivity contribution in [2.75, 3.05) is 23.3 Å². The molecule has 0 spiro atoms. The fourth-order valence-electron chi connectivity index (χ4n) is 2.69. The zero-order valence-corrected chi connectivity index (χ0v) is 13.0. The van der Waals surface area contributed by atoms with Crippen molar-refractivity contribution in [2.45, 2.75) is 33.7 Å². The first-order valence-electron chi connectivity index (χ1n) is 7.08. The summed E-state index contributed by atoms with van der Waals surface area (Å²) in [7, 11) is 0. The monoisotopic (exact) mass is 288 g/mol. The molecule has 0 unspecified atom stereocenters. The number of anilines is 2. The SMILES string of the molecule is CCNc1nc(C)nc(N2CCc3sccc3C2)c1C. The average molecular weight is 288 g/mol. The van der Waals surface area contributed by atoms with Gasteiger partial charge in [-0.3, -0.25) is 0 Å². The summed E-state index contributed by atoms with van der Waals surface area (Å²) >= 11 is 1.87. The smallest absolute Gasteiger partial charge is 0.137 e. The molecule has 5 heteroatoms. The molecule has 2 aromatic rings. The molecule has 1 aliphatic heterocycles. The summed E-state index contributed by atoms with van der Waals surface area (Å²) in [4.78, 5) is 13.1. The number of nitrogens with zero attached hydrogens (tertiary/aromatic N) is 3. The molecule has 4 nitrogen and oxygen atoms in total. The summed E-state index contributed by atoms with van der Waals surface area (Å²) in [6.45, 7) is 9.04. The van der Waals surface area contributed by atoms with Crippen LogP contribution in [0.25, 0.3) is 0 Å². The van der Waals surface area contributed by atoms with E-state index in [1.807, 2.05) is 18.3 Å². The Morgan fingerprint density at radius 3 is 3.00 bits per heavy atom. The quantitative estimate of drug-likeness (QED) is 0.942. The minimum atomic E-state index is 0.831. The molecule has 3 rings (SSSR count). The van der Waals surface area contributed by atoms with Gasteiger partial charge in [0.2, 0.25) is 0 Å². The second kappa shape index (κ2) is 5.40. The molecule has 1 N–H and O–H groups in total. The lowest BCUT2D eigenvalue weighted by Crippen LogP contribution is -2.31. The molecule has 106 valence electrons. The highest BCUT2D eigenvalue weighted by atomic mass is 32.1. The summed E-state index contributed by atoms with van der Waals surface area (Å²) in [5.74, 6) is 2.87. The van der Waals surface area contributed by atoms with E-state index in [1.165, 1.54) is 10.4 Å². The molecule has 0 bridgehead atoms. The Kier molecular flexibility index (Phi) is 3.61. The Hall–Kier alpha value is -1.62. The zero-order valence-electron chi connectivity index (χ0n) is 12.2. The minimum Gasteiger partial charge on any atom is -0.370 e. The van der Waals surface area contributed by atoms with Gasteiger partial charge in [0, 0.05) is 30.1 Å². The molecule has 1 aliphatic rings. The van der Waals surface area contributed by atoms with Gasteiger partial charge < -0.3 is 10.2 Å². The molecule has 0 fully saturated rings. The van der Waals surface area contributed by atoms with E-state index in [9.17, 15) is 0 Å². The van der Waals surface area contributed by atoms with Crippen LogP contribution in [0.2, 0.25) is 0 Å². The first kappa shape index (κ1) is 13.4. The molecule has 0 aliphatic carbocycles. The largest absolute Gasteiger partial charge is 0.370 e. The average Bonchev–Trinajstić information content (AvgIpc) is 2.90. The number of rotatable bonds is 3. The number of fused-ring (bicyclic) bond motifs is 1. The summed E-state index contributed by atoms with van der Waals surface area (Å²) in [6, 6.07) is 2.24. The van der Waals surface area contributed by atoms with Crippen molar-refractivity contribution in [2.24, 2.45) is 0 Å². The predicted octanol–water partition coefficient (Wildman–Crippen LogP) is 3.15. The first-order valence-corrected chi connectivity index (χ1v) is 7.96. The number of thiophene rings is 1. The minimum absolute atomic E-state index is 0.831. The number of hydrogen-bond donors (Lipinski definition) is 1. The summed E-state index contributed by atoms with van der Waals surface area (Å²) in [5, 5.41) is 5.53. The molecule has 2 aromatic heterocycles. The van der Waals surface area contributed by atoms with Gasteiger partial charge in [-0.05, 0) is 44.2 Å². The lowest BCUT2D eigenvalue weighted by molar-refractivity contribution is 0.724. The topological polar surface area (TPSA) is 41.1 Å². The highest BCUT2D eigenvalue weighted by Gasteiger charge is 2.21. The molecule has 3 heterocycles. The van der Waals surface area contributed by atoms with Gasteiger partial charge in [-0.2, -0.15) is 0 Å². The van der Waals surface area contributed by atoms with Gasteiger partial charge in [-0.25, -0.2) is 9.97 Å². The highest BCUT2D eigenvalue weighted by Crippen LogP contribution is 2.30. The van der Waals surface area contributed by atoms with Crippen LogP contribution in [0.4, 0.5) is 11.6 Å². The van der Waals surface area contributed by atoms with Crippen LogP contribution in [0.1, 0.15) is 28.8 Å². The van der Waals surface area contributed by atoms with Crippen LogP contribution in [0.5, 0.6) is 0 Å². The van der Waals surface area contributed by atoms with Crippen LogP contribution in [-0.2, 0) is 13.0 Å². The Morgan fingerprint density at radius 2 is 2.20 bits per heavy atom. The fourth-order valence-corrected chi connectivity index (χ4v) is 3.58. The van der Waals surface area contributed by atoms with Crippen molar-refractivity contribution in [3.05, 3.63) is 33.3 Å². The molecule has 0 atom stereocenters. The van der Waals surface area contributed by atoms with Crippen LogP contribution in [-0.4, -0.2) is 23.1 Å².